The first-order chi connectivity index (χ1) is 9.82. The van der Waals surface area contributed by atoms with Gasteiger partial charge in [-0.05, 0) is 46.1 Å². The van der Waals surface area contributed by atoms with Crippen LogP contribution in [0.1, 0.15) is 46.5 Å². The van der Waals surface area contributed by atoms with Crippen molar-refractivity contribution in [2.24, 2.45) is 0 Å². The van der Waals surface area contributed by atoms with Crippen LogP contribution in [0.15, 0.2) is 24.3 Å². The molecule has 0 atom stereocenters. The van der Waals surface area contributed by atoms with Crippen molar-refractivity contribution in [2.45, 2.75) is 52.6 Å². The zero-order valence-corrected chi connectivity index (χ0v) is 13.0. The second-order valence-corrected chi connectivity index (χ2v) is 5.01. The first-order valence-corrected chi connectivity index (χ1v) is 7.07. The van der Waals surface area contributed by atoms with E-state index in [9.17, 15) is 14.4 Å². The molecule has 0 rings (SSSR count). The summed E-state index contributed by atoms with van der Waals surface area (Å²) in [4.78, 5) is 33.7. The van der Waals surface area contributed by atoms with Crippen LogP contribution in [0.4, 0.5) is 0 Å². The van der Waals surface area contributed by atoms with Crippen LogP contribution in [0.5, 0.6) is 0 Å². The molecule has 0 aromatic rings. The Bertz CT molecular complexity index is 407. The van der Waals surface area contributed by atoms with E-state index in [0.717, 1.165) is 12.5 Å². The molecule has 0 aromatic heterocycles. The summed E-state index contributed by atoms with van der Waals surface area (Å²) < 4.78 is 9.79. The molecule has 0 aromatic carbocycles. The maximum Gasteiger partial charge on any atom is 0.333 e. The lowest BCUT2D eigenvalue weighted by Gasteiger charge is -2.04. The highest BCUT2D eigenvalue weighted by molar-refractivity contribution is 5.95. The summed E-state index contributed by atoms with van der Waals surface area (Å²) in [7, 11) is 0. The molecule has 21 heavy (non-hydrogen) atoms. The van der Waals surface area contributed by atoms with Crippen LogP contribution in [0.25, 0.3) is 0 Å². The maximum absolute atomic E-state index is 11.5. The standard InChI is InChI=1S/C16H24O5/c1-12(2)16(19)20-11-7-5-6-8-14(17)9-10-15(18)21-13(3)4/h9-10,13H,1,5-8,11H2,2-4H3/b10-9+. The number of ether oxygens (including phenoxy) is 2. The molecule has 0 fully saturated rings. The molecule has 118 valence electrons. The number of carbonyl (C=O) groups is 3. The number of carbonyl (C=O) groups excluding carboxylic acids is 3. The minimum atomic E-state index is -0.509. The van der Waals surface area contributed by atoms with E-state index in [4.69, 9.17) is 9.47 Å². The molecule has 0 aliphatic carbocycles. The van der Waals surface area contributed by atoms with Crippen LogP contribution >= 0.6 is 0 Å². The lowest BCUT2D eigenvalue weighted by molar-refractivity contribution is -0.141. The average molecular weight is 296 g/mol. The largest absolute Gasteiger partial charge is 0.462 e. The molecule has 0 saturated heterocycles. The van der Waals surface area contributed by atoms with E-state index in [2.05, 4.69) is 6.58 Å². The summed E-state index contributed by atoms with van der Waals surface area (Å²) in [5.41, 5.74) is 0.378. The molecule has 0 spiro atoms. The van der Waals surface area contributed by atoms with Crippen molar-refractivity contribution in [3.63, 3.8) is 0 Å². The fraction of sp³-hybridized carbons (Fsp3) is 0.562. The Morgan fingerprint density at radius 2 is 1.76 bits per heavy atom. The summed E-state index contributed by atoms with van der Waals surface area (Å²) in [6, 6.07) is 0. The van der Waals surface area contributed by atoms with Crippen LogP contribution < -0.4 is 0 Å². The third-order valence-corrected chi connectivity index (χ3v) is 2.41. The number of hydrogen-bond acceptors (Lipinski definition) is 5. The first-order valence-electron chi connectivity index (χ1n) is 7.07. The monoisotopic (exact) mass is 296 g/mol. The van der Waals surface area contributed by atoms with E-state index in [1.165, 1.54) is 6.08 Å². The highest BCUT2D eigenvalue weighted by Crippen LogP contribution is 2.03. The van der Waals surface area contributed by atoms with Crippen molar-refractivity contribution >= 4 is 17.7 Å². The van der Waals surface area contributed by atoms with Crippen LogP contribution in [0.3, 0.4) is 0 Å². The zero-order chi connectivity index (χ0) is 16.3. The van der Waals surface area contributed by atoms with Crippen molar-refractivity contribution in [3.05, 3.63) is 24.3 Å². The van der Waals surface area contributed by atoms with Gasteiger partial charge in [0, 0.05) is 18.1 Å². The molecule has 0 radical (unpaired) electrons. The van der Waals surface area contributed by atoms with E-state index < -0.39 is 11.9 Å². The SMILES string of the molecule is C=C(C)C(=O)OCCCCCC(=O)/C=C/C(=O)OC(C)C. The van der Waals surface area contributed by atoms with Crippen molar-refractivity contribution in [1.29, 1.82) is 0 Å². The van der Waals surface area contributed by atoms with Gasteiger partial charge in [0.25, 0.3) is 0 Å². The van der Waals surface area contributed by atoms with Crippen molar-refractivity contribution in [3.8, 4) is 0 Å². The van der Waals surface area contributed by atoms with Crippen molar-refractivity contribution in [1.82, 2.24) is 0 Å². The summed E-state index contributed by atoms with van der Waals surface area (Å²) in [5, 5.41) is 0. The van der Waals surface area contributed by atoms with Gasteiger partial charge in [0.2, 0.25) is 0 Å². The predicted octanol–water partition coefficient (Wildman–Crippen LogP) is 2.74. The molecule has 0 heterocycles. The van der Waals surface area contributed by atoms with E-state index in [1.807, 2.05) is 0 Å². The van der Waals surface area contributed by atoms with Gasteiger partial charge in [-0.3, -0.25) is 4.79 Å². The molecular weight excluding hydrogens is 272 g/mol. The predicted molar refractivity (Wildman–Crippen MR) is 79.6 cm³/mol. The minimum Gasteiger partial charge on any atom is -0.462 e. The maximum atomic E-state index is 11.5. The Morgan fingerprint density at radius 1 is 1.10 bits per heavy atom. The molecule has 0 N–H and O–H groups in total. The lowest BCUT2D eigenvalue weighted by atomic mass is 10.1. The van der Waals surface area contributed by atoms with Crippen molar-refractivity contribution < 1.29 is 23.9 Å². The second-order valence-electron chi connectivity index (χ2n) is 5.01. The summed E-state index contributed by atoms with van der Waals surface area (Å²) in [6.45, 7) is 8.89. The lowest BCUT2D eigenvalue weighted by Crippen LogP contribution is -2.09. The Morgan fingerprint density at radius 3 is 2.33 bits per heavy atom. The minimum absolute atomic E-state index is 0.116. The highest BCUT2D eigenvalue weighted by Gasteiger charge is 2.04. The van der Waals surface area contributed by atoms with E-state index in [-0.39, 0.29) is 11.9 Å². The average Bonchev–Trinajstić information content (AvgIpc) is 2.39. The topological polar surface area (TPSA) is 69.7 Å². The van der Waals surface area contributed by atoms with Gasteiger partial charge in [0.05, 0.1) is 12.7 Å². The number of unbranched alkanes of at least 4 members (excludes halogenated alkanes) is 2. The van der Waals surface area contributed by atoms with Gasteiger partial charge in [0.15, 0.2) is 5.78 Å². The van der Waals surface area contributed by atoms with E-state index in [1.54, 1.807) is 20.8 Å². The van der Waals surface area contributed by atoms with Crippen LogP contribution in [-0.2, 0) is 23.9 Å². The number of ketones is 1. The molecule has 0 bridgehead atoms. The Balaban J connectivity index is 3.67. The Labute approximate surface area is 126 Å². The van der Waals surface area contributed by atoms with Crippen molar-refractivity contribution in [2.75, 3.05) is 6.61 Å². The summed E-state index contributed by atoms with van der Waals surface area (Å²) in [5.74, 6) is -1.02. The zero-order valence-electron chi connectivity index (χ0n) is 13.0. The van der Waals surface area contributed by atoms with Gasteiger partial charge >= 0.3 is 11.9 Å². The fourth-order valence-electron chi connectivity index (χ4n) is 1.38. The number of allylic oxidation sites excluding steroid dienone is 1. The van der Waals surface area contributed by atoms with E-state index in [0.29, 0.717) is 31.4 Å². The quantitative estimate of drug-likeness (QED) is 0.352. The van der Waals surface area contributed by atoms with Gasteiger partial charge in [-0.1, -0.05) is 6.58 Å². The number of esters is 2. The molecule has 5 nitrogen and oxygen atoms in total. The molecule has 0 amide bonds. The van der Waals surface area contributed by atoms with Crippen LogP contribution in [0.2, 0.25) is 0 Å². The highest BCUT2D eigenvalue weighted by atomic mass is 16.5. The van der Waals surface area contributed by atoms with Crippen LogP contribution in [0, 0.1) is 0 Å². The molecule has 0 aliphatic rings. The molecule has 0 unspecified atom stereocenters. The van der Waals surface area contributed by atoms with Gasteiger partial charge in [-0.25, -0.2) is 9.59 Å². The van der Waals surface area contributed by atoms with Gasteiger partial charge < -0.3 is 9.47 Å². The molecular formula is C16H24O5. The molecule has 0 saturated carbocycles. The van der Waals surface area contributed by atoms with Gasteiger partial charge in [-0.2, -0.15) is 0 Å². The summed E-state index contributed by atoms with van der Waals surface area (Å²) in [6.07, 6.45) is 4.72. The Kier molecular flexibility index (Phi) is 9.84. The van der Waals surface area contributed by atoms with Gasteiger partial charge in [-0.15, -0.1) is 0 Å². The van der Waals surface area contributed by atoms with E-state index >= 15 is 0 Å². The first kappa shape index (κ1) is 19.1. The normalized spacial score (nSPS) is 10.7. The smallest absolute Gasteiger partial charge is 0.333 e. The second kappa shape index (κ2) is 10.8. The van der Waals surface area contributed by atoms with Crippen LogP contribution in [-0.4, -0.2) is 30.4 Å². The third-order valence-electron chi connectivity index (χ3n) is 2.41. The summed E-state index contributed by atoms with van der Waals surface area (Å²) >= 11 is 0. The van der Waals surface area contributed by atoms with Gasteiger partial charge in [0.1, 0.15) is 0 Å². The fourth-order valence-corrected chi connectivity index (χ4v) is 1.38. The molecule has 5 heteroatoms. The molecule has 0 aliphatic heterocycles. The number of rotatable bonds is 10. The Hall–Kier alpha value is -1.91. The third kappa shape index (κ3) is 11.6. The number of hydrogen-bond donors (Lipinski definition) is 0.